The van der Waals surface area contributed by atoms with Crippen molar-refractivity contribution in [2.75, 3.05) is 0 Å². The zero-order valence-electron chi connectivity index (χ0n) is 10.5. The van der Waals surface area contributed by atoms with Gasteiger partial charge in [0.25, 0.3) is 0 Å². The molecular formula is C13H16FN3O. The average molecular weight is 249 g/mol. The highest BCUT2D eigenvalue weighted by atomic mass is 19.1. The molecule has 0 amide bonds. The van der Waals surface area contributed by atoms with Gasteiger partial charge in [0, 0.05) is 25.9 Å². The molecule has 0 saturated carbocycles. The van der Waals surface area contributed by atoms with Gasteiger partial charge in [-0.25, -0.2) is 9.37 Å². The van der Waals surface area contributed by atoms with Crippen molar-refractivity contribution in [1.82, 2.24) is 14.5 Å². The molecule has 0 aromatic carbocycles. The second-order valence-corrected chi connectivity index (χ2v) is 4.38. The van der Waals surface area contributed by atoms with Crippen molar-refractivity contribution in [3.63, 3.8) is 0 Å². The topological polar surface area (TPSA) is 50.9 Å². The molecule has 1 atom stereocenters. The second kappa shape index (κ2) is 4.86. The van der Waals surface area contributed by atoms with E-state index in [9.17, 15) is 9.50 Å². The van der Waals surface area contributed by atoms with Crippen molar-refractivity contribution in [1.29, 1.82) is 0 Å². The first kappa shape index (κ1) is 12.7. The molecule has 18 heavy (non-hydrogen) atoms. The van der Waals surface area contributed by atoms with E-state index in [-0.39, 0.29) is 0 Å². The van der Waals surface area contributed by atoms with Crippen LogP contribution >= 0.6 is 0 Å². The van der Waals surface area contributed by atoms with Gasteiger partial charge in [-0.15, -0.1) is 0 Å². The number of imidazole rings is 1. The highest BCUT2D eigenvalue weighted by molar-refractivity contribution is 5.16. The molecule has 96 valence electrons. The Morgan fingerprint density at radius 2 is 2.17 bits per heavy atom. The van der Waals surface area contributed by atoms with Crippen LogP contribution in [0.3, 0.4) is 0 Å². The van der Waals surface area contributed by atoms with Gasteiger partial charge in [-0.3, -0.25) is 4.98 Å². The second-order valence-electron chi connectivity index (χ2n) is 4.38. The summed E-state index contributed by atoms with van der Waals surface area (Å²) in [5.41, 5.74) is -0.651. The summed E-state index contributed by atoms with van der Waals surface area (Å²) in [6, 6.07) is 2.82. The third kappa shape index (κ3) is 2.41. The van der Waals surface area contributed by atoms with Crippen molar-refractivity contribution < 1.29 is 9.50 Å². The van der Waals surface area contributed by atoms with Crippen LogP contribution in [0, 0.1) is 5.82 Å². The lowest BCUT2D eigenvalue weighted by Crippen LogP contribution is -2.30. The molecule has 4 nitrogen and oxygen atoms in total. The third-order valence-electron chi connectivity index (χ3n) is 3.16. The molecule has 0 fully saturated rings. The molecule has 0 aliphatic heterocycles. The number of rotatable bonds is 4. The first-order valence-electron chi connectivity index (χ1n) is 5.86. The maximum absolute atomic E-state index is 12.9. The summed E-state index contributed by atoms with van der Waals surface area (Å²) < 4.78 is 14.7. The summed E-state index contributed by atoms with van der Waals surface area (Å²) >= 11 is 0. The minimum atomic E-state index is -1.12. The van der Waals surface area contributed by atoms with Crippen LogP contribution in [0.2, 0.25) is 0 Å². The Bertz CT molecular complexity index is 523. The fourth-order valence-corrected chi connectivity index (χ4v) is 1.88. The number of hydrogen-bond acceptors (Lipinski definition) is 3. The quantitative estimate of drug-likeness (QED) is 0.898. The van der Waals surface area contributed by atoms with Crippen LogP contribution in [-0.4, -0.2) is 19.6 Å². The van der Waals surface area contributed by atoms with Gasteiger partial charge < -0.3 is 9.67 Å². The van der Waals surface area contributed by atoms with E-state index in [0.717, 1.165) is 12.0 Å². The van der Waals surface area contributed by atoms with Crippen molar-refractivity contribution in [2.45, 2.75) is 25.4 Å². The molecule has 2 heterocycles. The smallest absolute Gasteiger partial charge is 0.141 e. The predicted octanol–water partition coefficient (Wildman–Crippen LogP) is 1.79. The van der Waals surface area contributed by atoms with E-state index in [1.54, 1.807) is 6.20 Å². The first-order chi connectivity index (χ1) is 8.55. The van der Waals surface area contributed by atoms with E-state index >= 15 is 0 Å². The third-order valence-corrected chi connectivity index (χ3v) is 3.16. The Morgan fingerprint density at radius 3 is 2.67 bits per heavy atom. The van der Waals surface area contributed by atoms with Crippen molar-refractivity contribution in [3.05, 3.63) is 48.1 Å². The molecule has 0 aliphatic rings. The van der Waals surface area contributed by atoms with Gasteiger partial charge in [-0.05, 0) is 18.6 Å². The monoisotopic (exact) mass is 249 g/mol. The lowest BCUT2D eigenvalue weighted by Gasteiger charge is -2.25. The van der Waals surface area contributed by atoms with Crippen LogP contribution in [-0.2, 0) is 19.1 Å². The average Bonchev–Trinajstić information content (AvgIpc) is 2.75. The van der Waals surface area contributed by atoms with Crippen molar-refractivity contribution in [2.24, 2.45) is 7.05 Å². The van der Waals surface area contributed by atoms with Crippen LogP contribution < -0.4 is 0 Å². The van der Waals surface area contributed by atoms with Gasteiger partial charge in [-0.2, -0.15) is 0 Å². The summed E-state index contributed by atoms with van der Waals surface area (Å²) in [5, 5.41) is 10.6. The van der Waals surface area contributed by atoms with E-state index in [1.807, 2.05) is 24.7 Å². The molecule has 2 aromatic heterocycles. The summed E-state index contributed by atoms with van der Waals surface area (Å²) in [6.07, 6.45) is 5.46. The zero-order valence-corrected chi connectivity index (χ0v) is 10.5. The summed E-state index contributed by atoms with van der Waals surface area (Å²) in [7, 11) is 1.87. The number of aryl methyl sites for hydroxylation is 1. The molecule has 1 unspecified atom stereocenters. The van der Waals surface area contributed by atoms with Gasteiger partial charge >= 0.3 is 0 Å². The van der Waals surface area contributed by atoms with E-state index in [1.165, 1.54) is 12.1 Å². The van der Waals surface area contributed by atoms with Gasteiger partial charge in [-0.1, -0.05) is 6.92 Å². The number of pyridine rings is 1. The van der Waals surface area contributed by atoms with Gasteiger partial charge in [0.2, 0.25) is 0 Å². The highest BCUT2D eigenvalue weighted by Gasteiger charge is 2.30. The molecule has 1 N–H and O–H groups in total. The Balaban J connectivity index is 2.30. The molecule has 2 rings (SSSR count). The molecule has 5 heteroatoms. The summed E-state index contributed by atoms with van der Waals surface area (Å²) in [5.74, 6) is 0.361. The number of nitrogens with zero attached hydrogens (tertiary/aromatic N) is 3. The van der Waals surface area contributed by atoms with E-state index < -0.39 is 11.4 Å². The molecule has 0 bridgehead atoms. The Labute approximate surface area is 105 Å². The van der Waals surface area contributed by atoms with Crippen LogP contribution in [0.1, 0.15) is 24.9 Å². The fraction of sp³-hybridized carbons (Fsp3) is 0.385. The molecular weight excluding hydrogens is 233 g/mol. The number of aliphatic hydroxyl groups is 1. The largest absolute Gasteiger partial charge is 0.383 e. The fourth-order valence-electron chi connectivity index (χ4n) is 1.88. The first-order valence-corrected chi connectivity index (χ1v) is 5.86. The molecule has 2 aromatic rings. The number of hydrogen-bond donors (Lipinski definition) is 1. The van der Waals surface area contributed by atoms with Crippen LogP contribution in [0.5, 0.6) is 0 Å². The van der Waals surface area contributed by atoms with Crippen LogP contribution in [0.15, 0.2) is 30.7 Å². The van der Waals surface area contributed by atoms with E-state index in [2.05, 4.69) is 9.97 Å². The summed E-state index contributed by atoms with van der Waals surface area (Å²) in [6.45, 7) is 1.87. The zero-order chi connectivity index (χ0) is 13.2. The van der Waals surface area contributed by atoms with Crippen molar-refractivity contribution >= 4 is 0 Å². The van der Waals surface area contributed by atoms with Gasteiger partial charge in [0.05, 0.1) is 11.9 Å². The molecule has 0 radical (unpaired) electrons. The number of halogens is 1. The Kier molecular flexibility index (Phi) is 3.43. The SMILES string of the molecule is CCC(O)(Cc1nccn1C)c1ccc(F)cn1. The van der Waals surface area contributed by atoms with E-state index in [4.69, 9.17) is 0 Å². The van der Waals surface area contributed by atoms with Gasteiger partial charge in [0.1, 0.15) is 17.2 Å². The molecule has 0 spiro atoms. The Morgan fingerprint density at radius 1 is 1.39 bits per heavy atom. The maximum Gasteiger partial charge on any atom is 0.141 e. The van der Waals surface area contributed by atoms with E-state index in [0.29, 0.717) is 18.5 Å². The molecule has 0 aliphatic carbocycles. The molecule has 0 saturated heterocycles. The maximum atomic E-state index is 12.9. The van der Waals surface area contributed by atoms with Crippen molar-refractivity contribution in [3.8, 4) is 0 Å². The lowest BCUT2D eigenvalue weighted by atomic mass is 9.91. The lowest BCUT2D eigenvalue weighted by molar-refractivity contribution is 0.0256. The normalized spacial score (nSPS) is 14.4. The van der Waals surface area contributed by atoms with Crippen LogP contribution in [0.4, 0.5) is 4.39 Å². The number of aromatic nitrogens is 3. The highest BCUT2D eigenvalue weighted by Crippen LogP contribution is 2.27. The Hall–Kier alpha value is -1.75. The minimum absolute atomic E-state index is 0.353. The van der Waals surface area contributed by atoms with Crippen LogP contribution in [0.25, 0.3) is 0 Å². The van der Waals surface area contributed by atoms with Gasteiger partial charge in [0.15, 0.2) is 0 Å². The standard InChI is InChI=1S/C13H16FN3O/c1-3-13(18,8-12-15-6-7-17(12)2)11-5-4-10(14)9-16-11/h4-7,9,18H,3,8H2,1-2H3. The predicted molar refractivity (Wildman–Crippen MR) is 65.3 cm³/mol. The summed E-state index contributed by atoms with van der Waals surface area (Å²) in [4.78, 5) is 8.16. The minimum Gasteiger partial charge on any atom is -0.383 e.